The van der Waals surface area contributed by atoms with Gasteiger partial charge in [0, 0.05) is 38.4 Å². The number of rotatable bonds is 2. The third-order valence-electron chi connectivity index (χ3n) is 4.52. The lowest BCUT2D eigenvalue weighted by Gasteiger charge is -2.35. The van der Waals surface area contributed by atoms with Crippen molar-refractivity contribution >= 4 is 16.0 Å². The van der Waals surface area contributed by atoms with Crippen LogP contribution in [0.25, 0.3) is 0 Å². The summed E-state index contributed by atoms with van der Waals surface area (Å²) in [5.74, 6) is 0.662. The van der Waals surface area contributed by atoms with Crippen LogP contribution in [0.15, 0.2) is 0 Å². The van der Waals surface area contributed by atoms with Crippen molar-refractivity contribution in [1.82, 2.24) is 14.3 Å². The van der Waals surface area contributed by atoms with Crippen LogP contribution in [0.2, 0.25) is 0 Å². The van der Waals surface area contributed by atoms with Gasteiger partial charge in [0.05, 0.1) is 30.6 Å². The lowest BCUT2D eigenvalue weighted by atomic mass is 9.80. The molecule has 122 valence electrons. The van der Waals surface area contributed by atoms with E-state index in [1.807, 2.05) is 25.9 Å². The zero-order chi connectivity index (χ0) is 16.1. The molecule has 1 aromatic heterocycles. The Hall–Kier alpha value is -1.25. The van der Waals surface area contributed by atoms with Crippen molar-refractivity contribution in [3.8, 4) is 0 Å². The first kappa shape index (κ1) is 15.6. The Morgan fingerprint density at radius 3 is 2.64 bits per heavy atom. The van der Waals surface area contributed by atoms with Crippen LogP contribution in [0.5, 0.6) is 0 Å². The summed E-state index contributed by atoms with van der Waals surface area (Å²) in [5, 5.41) is 0. The van der Waals surface area contributed by atoms with Crippen LogP contribution < -0.4 is 4.90 Å². The Bertz CT molecular complexity index is 704. The van der Waals surface area contributed by atoms with Gasteiger partial charge in [0.1, 0.15) is 0 Å². The van der Waals surface area contributed by atoms with Crippen molar-refractivity contribution in [2.24, 2.45) is 0 Å². The van der Waals surface area contributed by atoms with Crippen LogP contribution in [0.1, 0.15) is 23.4 Å². The highest BCUT2D eigenvalue weighted by Crippen LogP contribution is 2.40. The number of anilines is 1. The molecule has 1 fully saturated rings. The van der Waals surface area contributed by atoms with Gasteiger partial charge < -0.3 is 9.64 Å². The minimum atomic E-state index is -3.19. The molecule has 0 saturated carbocycles. The molecule has 1 atom stereocenters. The molecule has 1 aromatic rings. The van der Waals surface area contributed by atoms with Crippen LogP contribution in [-0.2, 0) is 26.8 Å². The Balaban J connectivity index is 2.08. The minimum Gasteiger partial charge on any atom is -0.376 e. The molecule has 0 aliphatic carbocycles. The molecule has 0 radical (unpaired) electrons. The molecule has 8 heteroatoms. The second kappa shape index (κ2) is 5.14. The highest BCUT2D eigenvalue weighted by atomic mass is 32.2. The van der Waals surface area contributed by atoms with Crippen molar-refractivity contribution in [3.05, 3.63) is 17.0 Å². The van der Waals surface area contributed by atoms with Gasteiger partial charge in [-0.1, -0.05) is 0 Å². The highest BCUT2D eigenvalue weighted by Gasteiger charge is 2.47. The number of ether oxygens (including phenoxy) is 1. The number of sulfonamides is 1. The van der Waals surface area contributed by atoms with Crippen molar-refractivity contribution < 1.29 is 13.2 Å². The summed E-state index contributed by atoms with van der Waals surface area (Å²) in [6.45, 7) is 3.91. The summed E-state index contributed by atoms with van der Waals surface area (Å²) in [6.07, 6.45) is 1.99. The lowest BCUT2D eigenvalue weighted by molar-refractivity contribution is 0.0527. The van der Waals surface area contributed by atoms with Gasteiger partial charge >= 0.3 is 0 Å². The molecule has 0 amide bonds. The first-order chi connectivity index (χ1) is 10.2. The first-order valence-electron chi connectivity index (χ1n) is 7.31. The number of fused-ring (bicyclic) bond motifs is 2. The van der Waals surface area contributed by atoms with E-state index in [0.29, 0.717) is 32.3 Å². The van der Waals surface area contributed by atoms with Gasteiger partial charge in [-0.25, -0.2) is 22.7 Å². The summed E-state index contributed by atoms with van der Waals surface area (Å²) in [6, 6.07) is 0. The third-order valence-corrected chi connectivity index (χ3v) is 5.77. The second-order valence-electron chi connectivity index (χ2n) is 6.45. The SMILES string of the molecule is Cc1nc(N(C)C)nc2c1COC[C@@]21CCN(S(C)(=O)=O)C1. The maximum Gasteiger partial charge on any atom is 0.225 e. The molecule has 1 spiro atoms. The number of aryl methyl sites for hydroxylation is 1. The summed E-state index contributed by atoms with van der Waals surface area (Å²) in [5.41, 5.74) is 2.52. The fourth-order valence-corrected chi connectivity index (χ4v) is 4.14. The Labute approximate surface area is 131 Å². The maximum absolute atomic E-state index is 11.9. The fourth-order valence-electron chi connectivity index (χ4n) is 3.24. The number of hydrogen-bond acceptors (Lipinski definition) is 6. The van der Waals surface area contributed by atoms with E-state index in [1.165, 1.54) is 10.6 Å². The largest absolute Gasteiger partial charge is 0.376 e. The van der Waals surface area contributed by atoms with Crippen LogP contribution in [-0.4, -0.2) is 62.7 Å². The quantitative estimate of drug-likeness (QED) is 0.777. The van der Waals surface area contributed by atoms with E-state index in [2.05, 4.69) is 4.98 Å². The zero-order valence-corrected chi connectivity index (χ0v) is 14.3. The molecule has 3 heterocycles. The van der Waals surface area contributed by atoms with E-state index in [9.17, 15) is 8.42 Å². The molecule has 0 unspecified atom stereocenters. The summed E-state index contributed by atoms with van der Waals surface area (Å²) >= 11 is 0. The van der Waals surface area contributed by atoms with Gasteiger partial charge in [-0.15, -0.1) is 0 Å². The van der Waals surface area contributed by atoms with E-state index >= 15 is 0 Å². The molecule has 7 nitrogen and oxygen atoms in total. The Morgan fingerprint density at radius 2 is 2.05 bits per heavy atom. The molecular formula is C14H22N4O3S. The minimum absolute atomic E-state index is 0.352. The smallest absolute Gasteiger partial charge is 0.225 e. The summed E-state index contributed by atoms with van der Waals surface area (Å²) < 4.78 is 31.0. The molecule has 1 saturated heterocycles. The molecule has 2 aliphatic heterocycles. The Kier molecular flexibility index (Phi) is 3.65. The van der Waals surface area contributed by atoms with Crippen molar-refractivity contribution in [1.29, 1.82) is 0 Å². The monoisotopic (exact) mass is 326 g/mol. The average Bonchev–Trinajstić information content (AvgIpc) is 2.85. The van der Waals surface area contributed by atoms with E-state index in [4.69, 9.17) is 9.72 Å². The molecule has 0 N–H and O–H groups in total. The van der Waals surface area contributed by atoms with Gasteiger partial charge in [-0.3, -0.25) is 0 Å². The molecule has 0 aromatic carbocycles. The van der Waals surface area contributed by atoms with E-state index in [0.717, 1.165) is 23.4 Å². The number of hydrogen-bond donors (Lipinski definition) is 0. The van der Waals surface area contributed by atoms with Crippen LogP contribution in [0.4, 0.5) is 5.95 Å². The summed E-state index contributed by atoms with van der Waals surface area (Å²) in [7, 11) is 0.622. The molecule has 22 heavy (non-hydrogen) atoms. The predicted molar refractivity (Wildman–Crippen MR) is 83.5 cm³/mol. The number of aromatic nitrogens is 2. The van der Waals surface area contributed by atoms with Crippen molar-refractivity contribution in [2.45, 2.75) is 25.4 Å². The van der Waals surface area contributed by atoms with E-state index in [-0.39, 0.29) is 5.41 Å². The van der Waals surface area contributed by atoms with Gasteiger partial charge in [0.25, 0.3) is 0 Å². The van der Waals surface area contributed by atoms with Gasteiger partial charge in [0.15, 0.2) is 0 Å². The van der Waals surface area contributed by atoms with Crippen molar-refractivity contribution in [2.75, 3.05) is 44.9 Å². The molecule has 0 bridgehead atoms. The lowest BCUT2D eigenvalue weighted by Crippen LogP contribution is -2.42. The van der Waals surface area contributed by atoms with E-state index < -0.39 is 10.0 Å². The van der Waals surface area contributed by atoms with Crippen LogP contribution in [0, 0.1) is 6.92 Å². The molecular weight excluding hydrogens is 304 g/mol. The van der Waals surface area contributed by atoms with Crippen LogP contribution in [0.3, 0.4) is 0 Å². The normalized spacial score (nSPS) is 25.5. The standard InChI is InChI=1S/C14H22N4O3S/c1-10-11-7-21-9-14(5-6-18(8-14)22(4,19)20)12(11)16-13(15-10)17(2)3/h5-9H2,1-4H3/t14-/m0/s1. The zero-order valence-electron chi connectivity index (χ0n) is 13.5. The Morgan fingerprint density at radius 1 is 1.32 bits per heavy atom. The number of nitrogens with zero attached hydrogens (tertiary/aromatic N) is 4. The van der Waals surface area contributed by atoms with Gasteiger partial charge in [-0.05, 0) is 13.3 Å². The average molecular weight is 326 g/mol. The van der Waals surface area contributed by atoms with Crippen LogP contribution >= 0.6 is 0 Å². The second-order valence-corrected chi connectivity index (χ2v) is 8.43. The molecule has 3 rings (SSSR count). The summed E-state index contributed by atoms with van der Waals surface area (Å²) in [4.78, 5) is 11.1. The third kappa shape index (κ3) is 2.49. The first-order valence-corrected chi connectivity index (χ1v) is 9.16. The topological polar surface area (TPSA) is 75.6 Å². The van der Waals surface area contributed by atoms with Crippen molar-refractivity contribution in [3.63, 3.8) is 0 Å². The fraction of sp³-hybridized carbons (Fsp3) is 0.714. The maximum atomic E-state index is 11.9. The predicted octanol–water partition coefficient (Wildman–Crippen LogP) is 0.284. The van der Waals surface area contributed by atoms with E-state index in [1.54, 1.807) is 0 Å². The van der Waals surface area contributed by atoms with Gasteiger partial charge in [0.2, 0.25) is 16.0 Å². The molecule has 2 aliphatic rings. The highest BCUT2D eigenvalue weighted by molar-refractivity contribution is 7.88. The van der Waals surface area contributed by atoms with Gasteiger partial charge in [-0.2, -0.15) is 0 Å².